The van der Waals surface area contributed by atoms with Crippen LogP contribution in [-0.4, -0.2) is 20.0 Å². The Kier molecular flexibility index (Phi) is 3.98. The molecular formula is C18H14ClNO3S. The van der Waals surface area contributed by atoms with Gasteiger partial charge in [-0.1, -0.05) is 41.4 Å². The molecule has 4 nitrogen and oxygen atoms in total. The van der Waals surface area contributed by atoms with Crippen molar-refractivity contribution in [2.45, 2.75) is 23.0 Å². The minimum atomic E-state index is -3.81. The van der Waals surface area contributed by atoms with Crippen LogP contribution in [0.15, 0.2) is 53.4 Å². The summed E-state index contributed by atoms with van der Waals surface area (Å²) >= 11 is 5.86. The van der Waals surface area contributed by atoms with Gasteiger partial charge in [-0.3, -0.25) is 0 Å². The zero-order chi connectivity index (χ0) is 17.5. The van der Waals surface area contributed by atoms with Gasteiger partial charge in [0.1, 0.15) is 17.0 Å². The molecular weight excluding hydrogens is 346 g/mol. The molecule has 2 aromatic rings. The van der Waals surface area contributed by atoms with Crippen LogP contribution in [0.25, 0.3) is 0 Å². The number of aryl methyl sites for hydroxylation is 1. The Hall–Kier alpha value is -2.16. The number of carbonyl (C=O) groups is 1. The fourth-order valence-electron chi connectivity index (χ4n) is 3.11. The lowest BCUT2D eigenvalue weighted by molar-refractivity contribution is -0.110. The van der Waals surface area contributed by atoms with E-state index in [1.165, 1.54) is 12.1 Å². The van der Waals surface area contributed by atoms with E-state index in [9.17, 15) is 18.5 Å². The third-order valence-corrected chi connectivity index (χ3v) is 6.99. The number of nitriles is 1. The molecule has 0 heterocycles. The van der Waals surface area contributed by atoms with Gasteiger partial charge >= 0.3 is 0 Å². The summed E-state index contributed by atoms with van der Waals surface area (Å²) in [6, 6.07) is 14.9. The van der Waals surface area contributed by atoms with E-state index in [-0.39, 0.29) is 4.90 Å². The van der Waals surface area contributed by atoms with Gasteiger partial charge in [-0.2, -0.15) is 5.26 Å². The van der Waals surface area contributed by atoms with E-state index in [1.54, 1.807) is 36.4 Å². The zero-order valence-electron chi connectivity index (χ0n) is 12.8. The van der Waals surface area contributed by atoms with Crippen molar-refractivity contribution in [3.8, 4) is 6.07 Å². The molecule has 0 spiro atoms. The summed E-state index contributed by atoms with van der Waals surface area (Å²) in [5.74, 6) is -0.691. The molecule has 0 aromatic heterocycles. The number of benzene rings is 2. The first-order valence-corrected chi connectivity index (χ1v) is 9.23. The van der Waals surface area contributed by atoms with Gasteiger partial charge in [0.25, 0.3) is 0 Å². The van der Waals surface area contributed by atoms with Crippen LogP contribution in [0, 0.1) is 23.7 Å². The molecule has 0 amide bonds. The van der Waals surface area contributed by atoms with Gasteiger partial charge in [0.2, 0.25) is 0 Å². The Morgan fingerprint density at radius 2 is 1.71 bits per heavy atom. The highest BCUT2D eigenvalue weighted by Gasteiger charge is 2.72. The molecule has 0 saturated heterocycles. The fraction of sp³-hybridized carbons (Fsp3) is 0.222. The van der Waals surface area contributed by atoms with Gasteiger partial charge in [-0.15, -0.1) is 0 Å². The summed E-state index contributed by atoms with van der Waals surface area (Å²) in [6.07, 6.45) is 0.461. The Labute approximate surface area is 145 Å². The Morgan fingerprint density at radius 3 is 2.21 bits per heavy atom. The lowest BCUT2D eigenvalue weighted by Gasteiger charge is -2.05. The van der Waals surface area contributed by atoms with Crippen LogP contribution >= 0.6 is 11.6 Å². The number of rotatable bonds is 4. The average Bonchev–Trinajstić information content (AvgIpc) is 3.26. The molecule has 122 valence electrons. The van der Waals surface area contributed by atoms with Crippen molar-refractivity contribution < 1.29 is 13.2 Å². The molecule has 6 heteroatoms. The highest BCUT2D eigenvalue weighted by molar-refractivity contribution is 7.92. The molecule has 3 rings (SSSR count). The van der Waals surface area contributed by atoms with Gasteiger partial charge in [-0.25, -0.2) is 8.42 Å². The second kappa shape index (κ2) is 5.73. The highest BCUT2D eigenvalue weighted by Crippen LogP contribution is 2.62. The number of nitrogens with zero attached hydrogens (tertiary/aromatic N) is 1. The molecule has 2 aromatic carbocycles. The maximum absolute atomic E-state index is 13.0. The van der Waals surface area contributed by atoms with Crippen molar-refractivity contribution in [3.05, 3.63) is 64.7 Å². The predicted octanol–water partition coefficient (Wildman–Crippen LogP) is 3.30. The van der Waals surface area contributed by atoms with Gasteiger partial charge < -0.3 is 4.79 Å². The van der Waals surface area contributed by atoms with Crippen LogP contribution in [0.3, 0.4) is 0 Å². The molecule has 0 unspecified atom stereocenters. The zero-order valence-corrected chi connectivity index (χ0v) is 14.4. The molecule has 1 aliphatic rings. The molecule has 1 aliphatic carbocycles. The second-order valence-electron chi connectivity index (χ2n) is 5.97. The Bertz CT molecular complexity index is 930. The molecule has 24 heavy (non-hydrogen) atoms. The van der Waals surface area contributed by atoms with Crippen LogP contribution in [0.2, 0.25) is 5.02 Å². The molecule has 1 fully saturated rings. The fourth-order valence-corrected chi connectivity index (χ4v) is 5.47. The number of hydrogen-bond donors (Lipinski definition) is 0. The maximum atomic E-state index is 13.0. The summed E-state index contributed by atoms with van der Waals surface area (Å²) in [5.41, 5.74) is -0.00737. The Balaban J connectivity index is 2.08. The number of hydrogen-bond acceptors (Lipinski definition) is 4. The van der Waals surface area contributed by atoms with Crippen LogP contribution < -0.4 is 0 Å². The van der Waals surface area contributed by atoms with Crippen molar-refractivity contribution in [2.24, 2.45) is 5.41 Å². The van der Waals surface area contributed by atoms with Gasteiger partial charge in [0.05, 0.1) is 11.0 Å². The largest absolute Gasteiger partial charge is 0.302 e. The van der Waals surface area contributed by atoms with Crippen LogP contribution in [0.5, 0.6) is 0 Å². The number of halogens is 1. The van der Waals surface area contributed by atoms with E-state index in [1.807, 2.05) is 13.0 Å². The smallest absolute Gasteiger partial charge is 0.183 e. The lowest BCUT2D eigenvalue weighted by atomic mass is 10.0. The van der Waals surface area contributed by atoms with E-state index in [4.69, 9.17) is 11.6 Å². The minimum absolute atomic E-state index is 0.121. The normalized spacial score (nSPS) is 25.7. The third kappa shape index (κ3) is 2.43. The number of aldehydes is 1. The lowest BCUT2D eigenvalue weighted by Crippen LogP contribution is -2.16. The molecule has 1 saturated carbocycles. The first-order valence-electron chi connectivity index (χ1n) is 7.30. The highest BCUT2D eigenvalue weighted by atomic mass is 35.5. The van der Waals surface area contributed by atoms with Crippen molar-refractivity contribution in [1.82, 2.24) is 0 Å². The summed E-state index contributed by atoms with van der Waals surface area (Å²) < 4.78 is 25.9. The molecule has 0 aliphatic heterocycles. The Morgan fingerprint density at radius 1 is 1.12 bits per heavy atom. The van der Waals surface area contributed by atoms with Gasteiger partial charge in [-0.05, 0) is 36.8 Å². The molecule has 0 radical (unpaired) electrons. The van der Waals surface area contributed by atoms with E-state index in [2.05, 4.69) is 0 Å². The monoisotopic (exact) mass is 359 g/mol. The maximum Gasteiger partial charge on any atom is 0.183 e. The molecule has 0 N–H and O–H groups in total. The quantitative estimate of drug-likeness (QED) is 0.785. The summed E-state index contributed by atoms with van der Waals surface area (Å²) in [6.45, 7) is 1.86. The van der Waals surface area contributed by atoms with E-state index in [0.29, 0.717) is 16.9 Å². The molecule has 3 atom stereocenters. The van der Waals surface area contributed by atoms with Crippen molar-refractivity contribution in [1.29, 1.82) is 5.26 Å². The first kappa shape index (κ1) is 16.7. The summed E-state index contributed by atoms with van der Waals surface area (Å²) in [5, 5.41) is 8.91. The minimum Gasteiger partial charge on any atom is -0.302 e. The SMILES string of the molecule is Cc1ccc(S(=O)(=O)[C@H]2[C@H](c3ccc(Cl)cc3)[C@@]2(C#N)C=O)cc1. The van der Waals surface area contributed by atoms with E-state index >= 15 is 0 Å². The summed E-state index contributed by atoms with van der Waals surface area (Å²) in [4.78, 5) is 11.7. The van der Waals surface area contributed by atoms with Crippen LogP contribution in [0.4, 0.5) is 0 Å². The van der Waals surface area contributed by atoms with Crippen LogP contribution in [-0.2, 0) is 14.6 Å². The summed E-state index contributed by atoms with van der Waals surface area (Å²) in [7, 11) is -3.81. The third-order valence-electron chi connectivity index (χ3n) is 4.48. The number of sulfone groups is 1. The standard InChI is InChI=1S/C18H14ClNO3S/c1-12-2-8-15(9-3-12)24(22,23)17-16(18(17,10-20)11-21)13-4-6-14(19)7-5-13/h2-9,11,16-17H,1H3/t16-,17-,18+/m0/s1. The topological polar surface area (TPSA) is 75.0 Å². The number of carbonyl (C=O) groups excluding carboxylic acids is 1. The van der Waals surface area contributed by atoms with Crippen molar-refractivity contribution in [3.63, 3.8) is 0 Å². The van der Waals surface area contributed by atoms with Gasteiger partial charge in [0, 0.05) is 10.9 Å². The molecule has 0 bridgehead atoms. The van der Waals surface area contributed by atoms with Gasteiger partial charge in [0.15, 0.2) is 9.84 Å². The second-order valence-corrected chi connectivity index (χ2v) is 8.48. The van der Waals surface area contributed by atoms with E-state index < -0.39 is 26.4 Å². The predicted molar refractivity (Wildman–Crippen MR) is 90.5 cm³/mol. The first-order chi connectivity index (χ1) is 11.4. The van der Waals surface area contributed by atoms with E-state index in [0.717, 1.165) is 5.56 Å². The average molecular weight is 360 g/mol. The van der Waals surface area contributed by atoms with Crippen molar-refractivity contribution in [2.75, 3.05) is 0 Å². The van der Waals surface area contributed by atoms with Crippen molar-refractivity contribution >= 4 is 27.7 Å². The van der Waals surface area contributed by atoms with Crippen LogP contribution in [0.1, 0.15) is 17.0 Å².